The largest absolute Gasteiger partial charge is 0.458 e. The number of nitrogens with zero attached hydrogens (tertiary/aromatic N) is 2. The Kier molecular flexibility index (Phi) is 3.80. The van der Waals surface area contributed by atoms with Crippen LogP contribution in [0.4, 0.5) is 0 Å². The highest BCUT2D eigenvalue weighted by atomic mass is 16.6. The number of aromatic nitrogens is 2. The Hall–Kier alpha value is -2.43. The van der Waals surface area contributed by atoms with Gasteiger partial charge in [0.1, 0.15) is 5.60 Å². The maximum Gasteiger partial charge on any atom is 0.323 e. The van der Waals surface area contributed by atoms with Gasteiger partial charge in [-0.2, -0.15) is 5.10 Å². The summed E-state index contributed by atoms with van der Waals surface area (Å²) in [5, 5.41) is 4.44. The molecule has 0 aliphatic carbocycles. The molecule has 0 bridgehead atoms. The average Bonchev–Trinajstić information content (AvgIpc) is 2.78. The summed E-state index contributed by atoms with van der Waals surface area (Å²) in [6.07, 6.45) is 0.221. The van der Waals surface area contributed by atoms with Crippen LogP contribution in [0.5, 0.6) is 0 Å². The second-order valence-corrected chi connectivity index (χ2v) is 6.61. The number of rotatable bonds is 3. The summed E-state index contributed by atoms with van der Waals surface area (Å²) in [5.41, 5.74) is 1.72. The standard InChI is InChI=1S/C18H20N2O3/c1-12-9-14(16-15(21)10-18(2,3)23-17(16)22)20(19-12)11-13-7-5-4-6-8-13/h4-9,16H,10-11H2,1-3H3. The van der Waals surface area contributed by atoms with E-state index in [9.17, 15) is 9.59 Å². The Labute approximate surface area is 135 Å². The summed E-state index contributed by atoms with van der Waals surface area (Å²) < 4.78 is 7.15. The zero-order chi connectivity index (χ0) is 16.6. The van der Waals surface area contributed by atoms with Crippen LogP contribution in [0, 0.1) is 6.92 Å². The molecule has 0 amide bonds. The maximum absolute atomic E-state index is 12.5. The highest BCUT2D eigenvalue weighted by Gasteiger charge is 2.43. The molecule has 5 nitrogen and oxygen atoms in total. The van der Waals surface area contributed by atoms with Gasteiger partial charge in [0.05, 0.1) is 17.9 Å². The predicted octanol–water partition coefficient (Wildman–Crippen LogP) is 2.62. The number of ketones is 1. The SMILES string of the molecule is Cc1cc(C2C(=O)CC(C)(C)OC2=O)n(Cc2ccccc2)n1. The molecular formula is C18H20N2O3. The first-order chi connectivity index (χ1) is 10.9. The number of carbonyl (C=O) groups excluding carboxylic acids is 2. The van der Waals surface area contributed by atoms with Crippen LogP contribution in [0.1, 0.15) is 43.1 Å². The van der Waals surface area contributed by atoms with Gasteiger partial charge in [0, 0.05) is 6.42 Å². The average molecular weight is 312 g/mol. The van der Waals surface area contributed by atoms with Crippen molar-refractivity contribution in [1.29, 1.82) is 0 Å². The van der Waals surface area contributed by atoms with Crippen molar-refractivity contribution in [3.8, 4) is 0 Å². The lowest BCUT2D eigenvalue weighted by Gasteiger charge is -2.32. The van der Waals surface area contributed by atoms with Crippen LogP contribution in [0.25, 0.3) is 0 Å². The summed E-state index contributed by atoms with van der Waals surface area (Å²) in [4.78, 5) is 24.8. The summed E-state index contributed by atoms with van der Waals surface area (Å²) in [6, 6.07) is 11.6. The van der Waals surface area contributed by atoms with E-state index in [4.69, 9.17) is 4.74 Å². The Morgan fingerprint density at radius 3 is 2.61 bits per heavy atom. The van der Waals surface area contributed by atoms with E-state index in [-0.39, 0.29) is 12.2 Å². The molecule has 3 rings (SSSR count). The second kappa shape index (κ2) is 5.65. The van der Waals surface area contributed by atoms with Crippen LogP contribution >= 0.6 is 0 Å². The number of carbonyl (C=O) groups is 2. The normalized spacial score (nSPS) is 20.4. The quantitative estimate of drug-likeness (QED) is 0.645. The van der Waals surface area contributed by atoms with Gasteiger partial charge in [-0.05, 0) is 32.4 Å². The summed E-state index contributed by atoms with van der Waals surface area (Å²) >= 11 is 0. The van der Waals surface area contributed by atoms with Crippen molar-refractivity contribution in [2.45, 2.75) is 45.3 Å². The van der Waals surface area contributed by atoms with E-state index < -0.39 is 17.5 Å². The lowest BCUT2D eigenvalue weighted by Crippen LogP contribution is -2.43. The van der Waals surface area contributed by atoms with Gasteiger partial charge in [-0.25, -0.2) is 0 Å². The fraction of sp³-hybridized carbons (Fsp3) is 0.389. The molecule has 1 atom stereocenters. The molecule has 1 aromatic carbocycles. The molecule has 1 unspecified atom stereocenters. The molecule has 5 heteroatoms. The van der Waals surface area contributed by atoms with Crippen LogP contribution in [0.3, 0.4) is 0 Å². The molecule has 0 N–H and O–H groups in total. The lowest BCUT2D eigenvalue weighted by atomic mass is 9.87. The number of benzene rings is 1. The molecule has 0 spiro atoms. The van der Waals surface area contributed by atoms with Crippen LogP contribution in [-0.2, 0) is 20.9 Å². The van der Waals surface area contributed by atoms with Crippen LogP contribution in [-0.4, -0.2) is 27.1 Å². The van der Waals surface area contributed by atoms with Gasteiger partial charge in [0.15, 0.2) is 11.7 Å². The highest BCUT2D eigenvalue weighted by Crippen LogP contribution is 2.32. The number of aryl methyl sites for hydroxylation is 1. The number of Topliss-reactive ketones (excluding diaryl/α,β-unsaturated/α-hetero) is 1. The van der Waals surface area contributed by atoms with E-state index in [1.807, 2.05) is 37.3 Å². The third-order valence-electron chi connectivity index (χ3n) is 3.94. The Balaban J connectivity index is 1.94. The van der Waals surface area contributed by atoms with Gasteiger partial charge < -0.3 is 4.74 Å². The van der Waals surface area contributed by atoms with Crippen molar-refractivity contribution in [2.24, 2.45) is 0 Å². The first-order valence-electron chi connectivity index (χ1n) is 7.69. The molecular weight excluding hydrogens is 292 g/mol. The van der Waals surface area contributed by atoms with Crippen molar-refractivity contribution < 1.29 is 14.3 Å². The predicted molar refractivity (Wildman–Crippen MR) is 85.0 cm³/mol. The molecule has 2 heterocycles. The van der Waals surface area contributed by atoms with Gasteiger partial charge in [0.2, 0.25) is 0 Å². The fourth-order valence-electron chi connectivity index (χ4n) is 2.99. The third kappa shape index (κ3) is 3.18. The van der Waals surface area contributed by atoms with E-state index in [0.29, 0.717) is 12.2 Å². The minimum absolute atomic E-state index is 0.111. The van der Waals surface area contributed by atoms with Crippen molar-refractivity contribution in [3.63, 3.8) is 0 Å². The van der Waals surface area contributed by atoms with Crippen molar-refractivity contribution >= 4 is 11.8 Å². The van der Waals surface area contributed by atoms with Gasteiger partial charge in [-0.15, -0.1) is 0 Å². The van der Waals surface area contributed by atoms with E-state index in [1.54, 1.807) is 24.6 Å². The number of hydrogen-bond acceptors (Lipinski definition) is 4. The molecule has 2 aromatic rings. The van der Waals surface area contributed by atoms with Crippen molar-refractivity contribution in [2.75, 3.05) is 0 Å². The monoisotopic (exact) mass is 312 g/mol. The first kappa shape index (κ1) is 15.5. The van der Waals surface area contributed by atoms with Gasteiger partial charge in [-0.1, -0.05) is 30.3 Å². The number of ether oxygens (including phenoxy) is 1. The van der Waals surface area contributed by atoms with Crippen molar-refractivity contribution in [3.05, 3.63) is 53.3 Å². The van der Waals surface area contributed by atoms with Gasteiger partial charge in [-0.3, -0.25) is 14.3 Å². The zero-order valence-electron chi connectivity index (χ0n) is 13.6. The maximum atomic E-state index is 12.5. The number of hydrogen-bond donors (Lipinski definition) is 0. The van der Waals surface area contributed by atoms with E-state index >= 15 is 0 Å². The molecule has 1 saturated heterocycles. The lowest BCUT2D eigenvalue weighted by molar-refractivity contribution is -0.169. The van der Waals surface area contributed by atoms with Gasteiger partial charge in [0.25, 0.3) is 0 Å². The molecule has 0 radical (unpaired) electrons. The van der Waals surface area contributed by atoms with Crippen LogP contribution < -0.4 is 0 Å². The number of esters is 1. The van der Waals surface area contributed by atoms with Crippen molar-refractivity contribution in [1.82, 2.24) is 9.78 Å². The summed E-state index contributed by atoms with van der Waals surface area (Å²) in [5.74, 6) is -1.48. The smallest absolute Gasteiger partial charge is 0.323 e. The molecule has 1 aromatic heterocycles. The van der Waals surface area contributed by atoms with E-state index in [0.717, 1.165) is 11.3 Å². The zero-order valence-corrected chi connectivity index (χ0v) is 13.6. The molecule has 1 fully saturated rings. The van der Waals surface area contributed by atoms with Gasteiger partial charge >= 0.3 is 5.97 Å². The fourth-order valence-corrected chi connectivity index (χ4v) is 2.99. The third-order valence-corrected chi connectivity index (χ3v) is 3.94. The summed E-state index contributed by atoms with van der Waals surface area (Å²) in [7, 11) is 0. The minimum atomic E-state index is -0.882. The molecule has 1 aliphatic heterocycles. The highest BCUT2D eigenvalue weighted by molar-refractivity contribution is 6.06. The topological polar surface area (TPSA) is 61.2 Å². The minimum Gasteiger partial charge on any atom is -0.458 e. The Bertz CT molecular complexity index is 727. The van der Waals surface area contributed by atoms with E-state index in [1.165, 1.54) is 0 Å². The molecule has 120 valence electrons. The molecule has 1 aliphatic rings. The Morgan fingerprint density at radius 1 is 1.26 bits per heavy atom. The van der Waals surface area contributed by atoms with E-state index in [2.05, 4.69) is 5.10 Å². The Morgan fingerprint density at radius 2 is 1.96 bits per heavy atom. The molecule has 23 heavy (non-hydrogen) atoms. The summed E-state index contributed by atoms with van der Waals surface area (Å²) in [6.45, 7) is 5.88. The van der Waals surface area contributed by atoms with Crippen LogP contribution in [0.15, 0.2) is 36.4 Å². The second-order valence-electron chi connectivity index (χ2n) is 6.61. The number of cyclic esters (lactones) is 1. The first-order valence-corrected chi connectivity index (χ1v) is 7.69. The molecule has 0 saturated carbocycles. The van der Waals surface area contributed by atoms with Crippen LogP contribution in [0.2, 0.25) is 0 Å².